The quantitative estimate of drug-likeness (QED) is 0.782. The van der Waals surface area contributed by atoms with Gasteiger partial charge in [0.2, 0.25) is 0 Å². The van der Waals surface area contributed by atoms with Crippen molar-refractivity contribution in [1.29, 1.82) is 0 Å². The zero-order valence-electron chi connectivity index (χ0n) is 12.9. The van der Waals surface area contributed by atoms with Crippen LogP contribution in [0.5, 0.6) is 0 Å². The number of hydrogen-bond acceptors (Lipinski definition) is 2. The van der Waals surface area contributed by atoms with Crippen LogP contribution in [-0.2, 0) is 0 Å². The number of rotatable bonds is 5. The molecule has 1 heterocycles. The molecule has 0 radical (unpaired) electrons. The van der Waals surface area contributed by atoms with E-state index >= 15 is 0 Å². The fourth-order valence-corrected chi connectivity index (χ4v) is 4.38. The van der Waals surface area contributed by atoms with E-state index in [2.05, 4.69) is 45.1 Å². The average Bonchev–Trinajstić information content (AvgIpc) is 2.38. The van der Waals surface area contributed by atoms with Crippen LogP contribution in [0.3, 0.4) is 0 Å². The molecule has 1 aromatic carbocycles. The fourth-order valence-electron chi connectivity index (χ4n) is 3.10. The Hall–Kier alpha value is -0.180. The van der Waals surface area contributed by atoms with Gasteiger partial charge in [-0.3, -0.25) is 0 Å². The maximum absolute atomic E-state index is 6.17. The van der Waals surface area contributed by atoms with E-state index < -0.39 is 0 Å². The molecule has 1 aliphatic rings. The molecule has 0 spiro atoms. The third-order valence-electron chi connectivity index (χ3n) is 4.32. The lowest BCUT2D eigenvalue weighted by molar-refractivity contribution is 0.264. The Labute approximate surface area is 132 Å². The van der Waals surface area contributed by atoms with Crippen molar-refractivity contribution in [2.24, 2.45) is 17.8 Å². The molecule has 1 aromatic rings. The van der Waals surface area contributed by atoms with Crippen molar-refractivity contribution in [1.82, 2.24) is 5.32 Å². The molecule has 0 bridgehead atoms. The van der Waals surface area contributed by atoms with E-state index in [1.807, 2.05) is 17.8 Å². The Bertz CT molecular complexity index is 437. The van der Waals surface area contributed by atoms with E-state index in [9.17, 15) is 0 Å². The summed E-state index contributed by atoms with van der Waals surface area (Å²) in [5.74, 6) is 3.37. The van der Waals surface area contributed by atoms with Gasteiger partial charge in [-0.1, -0.05) is 39.3 Å². The van der Waals surface area contributed by atoms with E-state index in [0.717, 1.165) is 29.3 Å². The molecule has 0 amide bonds. The summed E-state index contributed by atoms with van der Waals surface area (Å²) >= 11 is 8.12. The summed E-state index contributed by atoms with van der Waals surface area (Å²) < 4.78 is 0. The Balaban J connectivity index is 2.06. The van der Waals surface area contributed by atoms with E-state index in [0.29, 0.717) is 6.04 Å². The van der Waals surface area contributed by atoms with E-state index in [1.165, 1.54) is 22.6 Å². The van der Waals surface area contributed by atoms with Crippen molar-refractivity contribution in [3.63, 3.8) is 0 Å². The number of thioether (sulfide) groups is 1. The van der Waals surface area contributed by atoms with Gasteiger partial charge in [0.1, 0.15) is 0 Å². The van der Waals surface area contributed by atoms with Gasteiger partial charge in [0, 0.05) is 16.0 Å². The molecule has 3 heteroatoms. The van der Waals surface area contributed by atoms with Gasteiger partial charge in [0.25, 0.3) is 0 Å². The maximum Gasteiger partial charge on any atom is 0.0410 e. The molecule has 1 aliphatic heterocycles. The summed E-state index contributed by atoms with van der Waals surface area (Å²) in [6, 6.07) is 6.77. The van der Waals surface area contributed by atoms with Crippen LogP contribution in [0.1, 0.15) is 45.7 Å². The second-order valence-electron chi connectivity index (χ2n) is 6.43. The fraction of sp³-hybridized carbons (Fsp3) is 0.647. The van der Waals surface area contributed by atoms with Crippen LogP contribution in [0.4, 0.5) is 0 Å². The highest BCUT2D eigenvalue weighted by Crippen LogP contribution is 2.37. The summed E-state index contributed by atoms with van der Waals surface area (Å²) in [5, 5.41) is 4.65. The Morgan fingerprint density at radius 3 is 2.60 bits per heavy atom. The predicted octanol–water partition coefficient (Wildman–Crippen LogP) is 5.39. The van der Waals surface area contributed by atoms with Gasteiger partial charge in [0.15, 0.2) is 0 Å². The van der Waals surface area contributed by atoms with E-state index in [1.54, 1.807) is 0 Å². The standard InChI is InChI=1S/C17H26ClNS/c1-11(2)15(12(3)4)10-19-16-7-8-20-17-6-5-13(18)9-14(16)17/h5-6,9,11-12,15-16,19H,7-8,10H2,1-4H3. The van der Waals surface area contributed by atoms with Crippen LogP contribution in [0.2, 0.25) is 5.02 Å². The molecule has 1 unspecified atom stereocenters. The molecule has 1 N–H and O–H groups in total. The second kappa shape index (κ2) is 7.20. The van der Waals surface area contributed by atoms with Crippen LogP contribution in [0.15, 0.2) is 23.1 Å². The van der Waals surface area contributed by atoms with Crippen LogP contribution < -0.4 is 5.32 Å². The minimum absolute atomic E-state index is 0.463. The van der Waals surface area contributed by atoms with Crippen molar-refractivity contribution in [2.75, 3.05) is 12.3 Å². The number of benzene rings is 1. The smallest absolute Gasteiger partial charge is 0.0410 e. The van der Waals surface area contributed by atoms with Crippen molar-refractivity contribution in [2.45, 2.75) is 45.1 Å². The first kappa shape index (κ1) is 16.2. The van der Waals surface area contributed by atoms with Crippen molar-refractivity contribution >= 4 is 23.4 Å². The molecule has 1 atom stereocenters. The normalized spacial score (nSPS) is 18.9. The Morgan fingerprint density at radius 2 is 1.95 bits per heavy atom. The van der Waals surface area contributed by atoms with Gasteiger partial charge >= 0.3 is 0 Å². The summed E-state index contributed by atoms with van der Waals surface area (Å²) in [6.45, 7) is 10.4. The van der Waals surface area contributed by atoms with E-state index in [-0.39, 0.29) is 0 Å². The minimum atomic E-state index is 0.463. The van der Waals surface area contributed by atoms with Crippen LogP contribution in [0, 0.1) is 17.8 Å². The van der Waals surface area contributed by atoms with Gasteiger partial charge < -0.3 is 5.32 Å². The third kappa shape index (κ3) is 3.93. The largest absolute Gasteiger partial charge is 0.310 e. The number of halogens is 1. The molecule has 2 rings (SSSR count). The number of fused-ring (bicyclic) bond motifs is 1. The highest BCUT2D eigenvalue weighted by atomic mass is 35.5. The topological polar surface area (TPSA) is 12.0 Å². The second-order valence-corrected chi connectivity index (χ2v) is 8.01. The Morgan fingerprint density at radius 1 is 1.25 bits per heavy atom. The lowest BCUT2D eigenvalue weighted by Gasteiger charge is -2.31. The number of hydrogen-bond donors (Lipinski definition) is 1. The minimum Gasteiger partial charge on any atom is -0.310 e. The van der Waals surface area contributed by atoms with Crippen LogP contribution >= 0.6 is 23.4 Å². The summed E-state index contributed by atoms with van der Waals surface area (Å²) in [6.07, 6.45) is 1.20. The first-order valence-electron chi connectivity index (χ1n) is 7.64. The van der Waals surface area contributed by atoms with Gasteiger partial charge in [-0.15, -0.1) is 11.8 Å². The van der Waals surface area contributed by atoms with Gasteiger partial charge in [-0.25, -0.2) is 0 Å². The lowest BCUT2D eigenvalue weighted by Crippen LogP contribution is -2.33. The maximum atomic E-state index is 6.17. The molecule has 1 nitrogen and oxygen atoms in total. The molecule has 0 saturated heterocycles. The summed E-state index contributed by atoms with van der Waals surface area (Å²) in [5.41, 5.74) is 1.39. The summed E-state index contributed by atoms with van der Waals surface area (Å²) in [4.78, 5) is 1.39. The SMILES string of the molecule is CC(C)C(CNC1CCSc2ccc(Cl)cc21)C(C)C. The lowest BCUT2D eigenvalue weighted by atomic mass is 9.85. The van der Waals surface area contributed by atoms with Gasteiger partial charge in [-0.05, 0) is 60.2 Å². The molecule has 20 heavy (non-hydrogen) atoms. The highest BCUT2D eigenvalue weighted by molar-refractivity contribution is 7.99. The van der Waals surface area contributed by atoms with Crippen molar-refractivity contribution < 1.29 is 0 Å². The number of nitrogens with one attached hydrogen (secondary N) is 1. The Kier molecular flexibility index (Phi) is 5.83. The first-order chi connectivity index (χ1) is 9.49. The zero-order chi connectivity index (χ0) is 14.7. The molecule has 0 fully saturated rings. The van der Waals surface area contributed by atoms with Gasteiger partial charge in [0.05, 0.1) is 0 Å². The van der Waals surface area contributed by atoms with Crippen molar-refractivity contribution in [3.8, 4) is 0 Å². The molecule has 112 valence electrons. The highest BCUT2D eigenvalue weighted by Gasteiger charge is 2.23. The van der Waals surface area contributed by atoms with Crippen LogP contribution in [0.25, 0.3) is 0 Å². The molecule has 0 aliphatic carbocycles. The van der Waals surface area contributed by atoms with E-state index in [4.69, 9.17) is 11.6 Å². The van der Waals surface area contributed by atoms with Crippen LogP contribution in [-0.4, -0.2) is 12.3 Å². The molecular formula is C17H26ClNS. The molecular weight excluding hydrogens is 286 g/mol. The monoisotopic (exact) mass is 311 g/mol. The zero-order valence-corrected chi connectivity index (χ0v) is 14.5. The third-order valence-corrected chi connectivity index (χ3v) is 5.68. The molecule has 0 aromatic heterocycles. The summed E-state index contributed by atoms with van der Waals surface area (Å²) in [7, 11) is 0. The first-order valence-corrected chi connectivity index (χ1v) is 9.01. The average molecular weight is 312 g/mol. The van der Waals surface area contributed by atoms with Crippen molar-refractivity contribution in [3.05, 3.63) is 28.8 Å². The predicted molar refractivity (Wildman–Crippen MR) is 90.7 cm³/mol. The van der Waals surface area contributed by atoms with Gasteiger partial charge in [-0.2, -0.15) is 0 Å². The molecule has 0 saturated carbocycles.